The van der Waals surface area contributed by atoms with Crippen molar-refractivity contribution in [1.82, 2.24) is 9.80 Å². The minimum atomic E-state index is -0.0795. The molecule has 0 atom stereocenters. The van der Waals surface area contributed by atoms with Gasteiger partial charge in [0.25, 0.3) is 5.91 Å². The van der Waals surface area contributed by atoms with Crippen LogP contribution in [0.25, 0.3) is 6.08 Å². The van der Waals surface area contributed by atoms with Crippen molar-refractivity contribution < 1.29 is 14.3 Å². The number of benzene rings is 1. The van der Waals surface area contributed by atoms with Crippen molar-refractivity contribution in [3.63, 3.8) is 0 Å². The summed E-state index contributed by atoms with van der Waals surface area (Å²) in [6, 6.07) is 3.75. The first-order valence-electron chi connectivity index (χ1n) is 6.98. The molecule has 1 aliphatic rings. The summed E-state index contributed by atoms with van der Waals surface area (Å²) in [7, 11) is 4.99. The molecule has 0 saturated carbocycles. The molecule has 0 aliphatic carbocycles. The van der Waals surface area contributed by atoms with E-state index in [0.29, 0.717) is 28.9 Å². The number of aryl methyl sites for hydroxylation is 1. The van der Waals surface area contributed by atoms with Gasteiger partial charge in [-0.15, -0.1) is 0 Å². The third-order valence-corrected chi connectivity index (χ3v) is 4.22. The van der Waals surface area contributed by atoms with E-state index in [-0.39, 0.29) is 5.91 Å². The Morgan fingerprint density at radius 2 is 1.82 bits per heavy atom. The zero-order valence-electron chi connectivity index (χ0n) is 13.5. The molecule has 118 valence electrons. The van der Waals surface area contributed by atoms with Crippen LogP contribution in [0.5, 0.6) is 11.5 Å². The van der Waals surface area contributed by atoms with Crippen molar-refractivity contribution in [3.05, 3.63) is 29.0 Å². The highest BCUT2D eigenvalue weighted by atomic mass is 32.1. The molecule has 1 heterocycles. The second kappa shape index (κ2) is 6.36. The lowest BCUT2D eigenvalue weighted by Gasteiger charge is -2.14. The second-order valence-corrected chi connectivity index (χ2v) is 5.35. The summed E-state index contributed by atoms with van der Waals surface area (Å²) in [6.07, 6.45) is 1.83. The fourth-order valence-corrected chi connectivity index (χ4v) is 2.70. The third-order valence-electron chi connectivity index (χ3n) is 3.72. The lowest BCUT2D eigenvalue weighted by atomic mass is 10.1. The molecular weight excluding hydrogens is 300 g/mol. The number of hydrogen-bond acceptors (Lipinski definition) is 4. The molecule has 0 bridgehead atoms. The number of methoxy groups -OCH3 is 2. The van der Waals surface area contributed by atoms with Crippen molar-refractivity contribution >= 4 is 29.3 Å². The Hall–Kier alpha value is -2.08. The maximum absolute atomic E-state index is 12.4. The monoisotopic (exact) mass is 320 g/mol. The summed E-state index contributed by atoms with van der Waals surface area (Å²) < 4.78 is 10.6. The number of amides is 1. The smallest absolute Gasteiger partial charge is 0.276 e. The fourth-order valence-electron chi connectivity index (χ4n) is 2.39. The Balaban J connectivity index is 2.49. The largest absolute Gasteiger partial charge is 0.493 e. The van der Waals surface area contributed by atoms with E-state index in [1.54, 1.807) is 31.1 Å². The summed E-state index contributed by atoms with van der Waals surface area (Å²) in [5.41, 5.74) is 2.45. The van der Waals surface area contributed by atoms with Gasteiger partial charge in [-0.2, -0.15) is 0 Å². The highest BCUT2D eigenvalue weighted by Gasteiger charge is 2.34. The van der Waals surface area contributed by atoms with E-state index in [9.17, 15) is 4.79 Å². The number of rotatable bonds is 4. The van der Waals surface area contributed by atoms with Gasteiger partial charge in [0, 0.05) is 13.6 Å². The first-order valence-corrected chi connectivity index (χ1v) is 7.39. The topological polar surface area (TPSA) is 42.0 Å². The van der Waals surface area contributed by atoms with Crippen LogP contribution in [0.3, 0.4) is 0 Å². The van der Waals surface area contributed by atoms with E-state index < -0.39 is 0 Å². The van der Waals surface area contributed by atoms with Gasteiger partial charge in [0.2, 0.25) is 0 Å². The van der Waals surface area contributed by atoms with Crippen LogP contribution >= 0.6 is 12.2 Å². The van der Waals surface area contributed by atoms with Gasteiger partial charge in [0.15, 0.2) is 16.6 Å². The fraction of sp³-hybridized carbons (Fsp3) is 0.375. The molecule has 1 aliphatic heterocycles. The Morgan fingerprint density at radius 1 is 1.23 bits per heavy atom. The van der Waals surface area contributed by atoms with E-state index in [1.165, 1.54) is 0 Å². The Morgan fingerprint density at radius 3 is 2.32 bits per heavy atom. The van der Waals surface area contributed by atoms with Crippen LogP contribution in [-0.2, 0) is 4.79 Å². The zero-order valence-corrected chi connectivity index (χ0v) is 14.3. The van der Waals surface area contributed by atoms with Gasteiger partial charge in [-0.25, -0.2) is 0 Å². The van der Waals surface area contributed by atoms with Crippen molar-refractivity contribution in [3.8, 4) is 11.5 Å². The number of hydrogen-bond donors (Lipinski definition) is 0. The number of ether oxygens (including phenoxy) is 2. The van der Waals surface area contributed by atoms with Gasteiger partial charge in [-0.05, 0) is 55.4 Å². The maximum Gasteiger partial charge on any atom is 0.276 e. The molecule has 1 saturated heterocycles. The maximum atomic E-state index is 12.4. The summed E-state index contributed by atoms with van der Waals surface area (Å²) in [5, 5.41) is 0.525. The summed E-state index contributed by atoms with van der Waals surface area (Å²) in [5.74, 6) is 1.21. The molecule has 0 radical (unpaired) electrons. The van der Waals surface area contributed by atoms with E-state index in [2.05, 4.69) is 0 Å². The average molecular weight is 320 g/mol. The lowest BCUT2D eigenvalue weighted by molar-refractivity contribution is -0.122. The highest BCUT2D eigenvalue weighted by Crippen LogP contribution is 2.32. The first kappa shape index (κ1) is 16.3. The molecule has 5 nitrogen and oxygen atoms in total. The molecule has 1 amide bonds. The van der Waals surface area contributed by atoms with Crippen molar-refractivity contribution in [2.24, 2.45) is 0 Å². The standard InChI is InChI=1S/C16H20N2O3S/c1-6-18-15(19)12(17(3)16(18)22)8-11-9-14(21-5)13(20-4)7-10(11)2/h7-9H,6H2,1-5H3. The Bertz CT molecular complexity index is 655. The minimum absolute atomic E-state index is 0.0795. The van der Waals surface area contributed by atoms with Crippen LogP contribution < -0.4 is 9.47 Å². The van der Waals surface area contributed by atoms with Gasteiger partial charge < -0.3 is 14.4 Å². The quantitative estimate of drug-likeness (QED) is 0.629. The average Bonchev–Trinajstić information content (AvgIpc) is 2.71. The molecular formula is C16H20N2O3S. The summed E-state index contributed by atoms with van der Waals surface area (Å²) >= 11 is 5.30. The van der Waals surface area contributed by atoms with Gasteiger partial charge in [-0.1, -0.05) is 0 Å². The number of thiocarbonyl (C=S) groups is 1. The predicted octanol–water partition coefficient (Wildman–Crippen LogP) is 2.43. The summed E-state index contributed by atoms with van der Waals surface area (Å²) in [6.45, 7) is 4.43. The molecule has 0 spiro atoms. The zero-order chi connectivity index (χ0) is 16.4. The minimum Gasteiger partial charge on any atom is -0.493 e. The molecule has 1 aromatic rings. The Kier molecular flexibility index (Phi) is 4.71. The molecule has 22 heavy (non-hydrogen) atoms. The van der Waals surface area contributed by atoms with Crippen molar-refractivity contribution in [1.29, 1.82) is 0 Å². The first-order chi connectivity index (χ1) is 10.4. The number of carbonyl (C=O) groups is 1. The van der Waals surface area contributed by atoms with Crippen LogP contribution in [0.2, 0.25) is 0 Å². The van der Waals surface area contributed by atoms with Gasteiger partial charge in [-0.3, -0.25) is 9.69 Å². The molecule has 2 rings (SSSR count). The number of likely N-dealkylation sites (N-methyl/N-ethyl adjacent to an activating group) is 2. The second-order valence-electron chi connectivity index (χ2n) is 4.98. The lowest BCUT2D eigenvalue weighted by Crippen LogP contribution is -2.30. The van der Waals surface area contributed by atoms with Crippen LogP contribution in [0.15, 0.2) is 17.8 Å². The van der Waals surface area contributed by atoms with E-state index in [0.717, 1.165) is 11.1 Å². The van der Waals surface area contributed by atoms with E-state index in [4.69, 9.17) is 21.7 Å². The molecule has 1 fully saturated rings. The van der Waals surface area contributed by atoms with Crippen LogP contribution in [0.1, 0.15) is 18.1 Å². The SMILES string of the molecule is CCN1C(=O)C(=Cc2cc(OC)c(OC)cc2C)N(C)C1=S. The van der Waals surface area contributed by atoms with E-state index in [1.807, 2.05) is 32.1 Å². The van der Waals surface area contributed by atoms with Crippen LogP contribution in [-0.4, -0.2) is 48.6 Å². The molecule has 0 N–H and O–H groups in total. The van der Waals surface area contributed by atoms with Gasteiger partial charge >= 0.3 is 0 Å². The molecule has 1 aromatic carbocycles. The van der Waals surface area contributed by atoms with Crippen LogP contribution in [0, 0.1) is 6.92 Å². The molecule has 6 heteroatoms. The molecule has 0 unspecified atom stereocenters. The normalized spacial score (nSPS) is 16.7. The van der Waals surface area contributed by atoms with Crippen molar-refractivity contribution in [2.75, 3.05) is 27.8 Å². The number of carbonyl (C=O) groups excluding carboxylic acids is 1. The van der Waals surface area contributed by atoms with Gasteiger partial charge in [0.05, 0.1) is 14.2 Å². The number of nitrogens with zero attached hydrogens (tertiary/aromatic N) is 2. The third kappa shape index (κ3) is 2.66. The Labute approximate surface area is 136 Å². The summed E-state index contributed by atoms with van der Waals surface area (Å²) in [4.78, 5) is 15.7. The highest BCUT2D eigenvalue weighted by molar-refractivity contribution is 7.80. The van der Waals surface area contributed by atoms with Crippen LogP contribution in [0.4, 0.5) is 0 Å². The predicted molar refractivity (Wildman–Crippen MR) is 90.0 cm³/mol. The molecule has 0 aromatic heterocycles. The van der Waals surface area contributed by atoms with Gasteiger partial charge in [0.1, 0.15) is 5.70 Å². The van der Waals surface area contributed by atoms with E-state index >= 15 is 0 Å². The van der Waals surface area contributed by atoms with Crippen molar-refractivity contribution in [2.45, 2.75) is 13.8 Å².